The molecule has 1 aliphatic rings. The van der Waals surface area contributed by atoms with Crippen molar-refractivity contribution in [3.8, 4) is 0 Å². The highest BCUT2D eigenvalue weighted by molar-refractivity contribution is 5.78. The molecule has 0 radical (unpaired) electrons. The summed E-state index contributed by atoms with van der Waals surface area (Å²) in [6, 6.07) is 4.74. The van der Waals surface area contributed by atoms with Crippen LogP contribution in [0, 0.1) is 5.92 Å². The van der Waals surface area contributed by atoms with Gasteiger partial charge in [0, 0.05) is 6.54 Å². The zero-order chi connectivity index (χ0) is 16.2. The van der Waals surface area contributed by atoms with Gasteiger partial charge in [0.1, 0.15) is 0 Å². The Balaban J connectivity index is 1.84. The number of hydrogen-bond donors (Lipinski definition) is 2. The number of rotatable bonds is 5. The van der Waals surface area contributed by atoms with E-state index in [4.69, 9.17) is 0 Å². The maximum Gasteiger partial charge on any atom is 0.416 e. The van der Waals surface area contributed by atoms with E-state index in [1.165, 1.54) is 12.1 Å². The number of carbonyl (C=O) groups excluding carboxylic acids is 1. The molecule has 1 unspecified atom stereocenters. The van der Waals surface area contributed by atoms with Crippen molar-refractivity contribution in [1.29, 1.82) is 0 Å². The van der Waals surface area contributed by atoms with Crippen LogP contribution in [0.25, 0.3) is 0 Å². The number of aliphatic hydroxyl groups is 1. The van der Waals surface area contributed by atoms with Gasteiger partial charge in [0.15, 0.2) is 0 Å². The summed E-state index contributed by atoms with van der Waals surface area (Å²) in [6.45, 7) is 0.155. The predicted molar refractivity (Wildman–Crippen MR) is 76.1 cm³/mol. The Kier molecular flexibility index (Phi) is 5.45. The number of benzene rings is 1. The van der Waals surface area contributed by atoms with E-state index in [9.17, 15) is 23.1 Å². The summed E-state index contributed by atoms with van der Waals surface area (Å²) in [5.74, 6) is -0.162. The lowest BCUT2D eigenvalue weighted by Crippen LogP contribution is -2.36. The third kappa shape index (κ3) is 4.73. The lowest BCUT2D eigenvalue weighted by atomic mass is 10.0. The molecule has 0 heterocycles. The Hall–Kier alpha value is -1.56. The molecule has 1 aliphatic carbocycles. The summed E-state index contributed by atoms with van der Waals surface area (Å²) >= 11 is 0. The lowest BCUT2D eigenvalue weighted by molar-refractivity contribution is -0.137. The van der Waals surface area contributed by atoms with Crippen molar-refractivity contribution in [3.63, 3.8) is 0 Å². The molecule has 1 aromatic carbocycles. The fourth-order valence-electron chi connectivity index (χ4n) is 2.83. The number of halogens is 3. The van der Waals surface area contributed by atoms with Crippen LogP contribution in [0.2, 0.25) is 0 Å². The Morgan fingerprint density at radius 1 is 1.32 bits per heavy atom. The standard InChI is InChI=1S/C16H20F3NO2/c17-16(18,19)13-7-3-4-11(8-13)9-15(22)20-10-14(21)12-5-1-2-6-12/h3-4,7-8,12,14,21H,1-2,5-6,9-10H2,(H,20,22). The van der Waals surface area contributed by atoms with Crippen LogP contribution < -0.4 is 5.32 Å². The van der Waals surface area contributed by atoms with Gasteiger partial charge in [-0.25, -0.2) is 0 Å². The van der Waals surface area contributed by atoms with Gasteiger partial charge in [0.05, 0.1) is 18.1 Å². The first-order valence-corrected chi connectivity index (χ1v) is 7.47. The Bertz CT molecular complexity index is 510. The van der Waals surface area contributed by atoms with Crippen LogP contribution in [0.4, 0.5) is 13.2 Å². The number of amides is 1. The van der Waals surface area contributed by atoms with Gasteiger partial charge in [-0.2, -0.15) is 13.2 Å². The third-order valence-corrected chi connectivity index (χ3v) is 4.07. The van der Waals surface area contributed by atoms with Gasteiger partial charge in [0.25, 0.3) is 0 Å². The molecular weight excluding hydrogens is 295 g/mol. The summed E-state index contributed by atoms with van der Waals surface area (Å²) in [7, 11) is 0. The summed E-state index contributed by atoms with van der Waals surface area (Å²) < 4.78 is 37.8. The summed E-state index contributed by atoms with van der Waals surface area (Å²) in [4.78, 5) is 11.8. The van der Waals surface area contributed by atoms with E-state index in [0.29, 0.717) is 5.56 Å². The zero-order valence-electron chi connectivity index (χ0n) is 12.2. The Morgan fingerprint density at radius 3 is 2.64 bits per heavy atom. The summed E-state index contributed by atoms with van der Waals surface area (Å²) in [5.41, 5.74) is -0.452. The lowest BCUT2D eigenvalue weighted by Gasteiger charge is -2.18. The molecule has 1 aromatic rings. The topological polar surface area (TPSA) is 49.3 Å². The van der Waals surface area contributed by atoms with Gasteiger partial charge in [0.2, 0.25) is 5.91 Å². The molecule has 1 amide bonds. The van der Waals surface area contributed by atoms with Crippen LogP contribution in [-0.4, -0.2) is 23.7 Å². The third-order valence-electron chi connectivity index (χ3n) is 4.07. The van der Waals surface area contributed by atoms with Crippen LogP contribution in [0.3, 0.4) is 0 Å². The van der Waals surface area contributed by atoms with Crippen molar-refractivity contribution in [2.45, 2.75) is 44.4 Å². The largest absolute Gasteiger partial charge is 0.416 e. The van der Waals surface area contributed by atoms with Crippen LogP contribution in [-0.2, 0) is 17.4 Å². The molecule has 0 aromatic heterocycles. The first-order valence-electron chi connectivity index (χ1n) is 7.47. The molecule has 0 bridgehead atoms. The Labute approximate surface area is 127 Å². The van der Waals surface area contributed by atoms with Crippen LogP contribution in [0.5, 0.6) is 0 Å². The summed E-state index contributed by atoms with van der Waals surface area (Å²) in [5, 5.41) is 12.5. The molecule has 1 atom stereocenters. The molecule has 2 rings (SSSR count). The number of hydrogen-bond acceptors (Lipinski definition) is 2. The van der Waals surface area contributed by atoms with Crippen molar-refractivity contribution >= 4 is 5.91 Å². The average Bonchev–Trinajstić information content (AvgIpc) is 2.98. The molecule has 2 N–H and O–H groups in total. The highest BCUT2D eigenvalue weighted by Crippen LogP contribution is 2.29. The first kappa shape index (κ1) is 16.8. The first-order chi connectivity index (χ1) is 10.4. The smallest absolute Gasteiger partial charge is 0.391 e. The number of alkyl halides is 3. The van der Waals surface area contributed by atoms with Gasteiger partial charge < -0.3 is 10.4 Å². The van der Waals surface area contributed by atoms with Crippen molar-refractivity contribution < 1.29 is 23.1 Å². The normalized spacial score (nSPS) is 17.5. The van der Waals surface area contributed by atoms with Gasteiger partial charge in [-0.1, -0.05) is 31.0 Å². The van der Waals surface area contributed by atoms with Crippen molar-refractivity contribution in [2.24, 2.45) is 5.92 Å². The second-order valence-corrected chi connectivity index (χ2v) is 5.79. The van der Waals surface area contributed by atoms with E-state index in [-0.39, 0.29) is 24.8 Å². The quantitative estimate of drug-likeness (QED) is 0.878. The molecule has 6 heteroatoms. The number of aliphatic hydroxyl groups excluding tert-OH is 1. The molecule has 22 heavy (non-hydrogen) atoms. The molecule has 0 spiro atoms. The molecule has 0 saturated heterocycles. The number of nitrogens with one attached hydrogen (secondary N) is 1. The van der Waals surface area contributed by atoms with Crippen LogP contribution in [0.15, 0.2) is 24.3 Å². The molecule has 1 saturated carbocycles. The van der Waals surface area contributed by atoms with E-state index < -0.39 is 17.8 Å². The zero-order valence-corrected chi connectivity index (χ0v) is 12.2. The van der Waals surface area contributed by atoms with E-state index in [2.05, 4.69) is 5.32 Å². The highest BCUT2D eigenvalue weighted by Gasteiger charge is 2.30. The van der Waals surface area contributed by atoms with Gasteiger partial charge in [-0.3, -0.25) is 4.79 Å². The van der Waals surface area contributed by atoms with Crippen molar-refractivity contribution in [1.82, 2.24) is 5.32 Å². The molecule has 122 valence electrons. The van der Waals surface area contributed by atoms with E-state index in [1.54, 1.807) is 0 Å². The fraction of sp³-hybridized carbons (Fsp3) is 0.562. The molecule has 0 aliphatic heterocycles. The van der Waals surface area contributed by atoms with Crippen LogP contribution >= 0.6 is 0 Å². The van der Waals surface area contributed by atoms with Crippen molar-refractivity contribution in [3.05, 3.63) is 35.4 Å². The Morgan fingerprint density at radius 2 is 2.00 bits per heavy atom. The average molecular weight is 315 g/mol. The monoisotopic (exact) mass is 315 g/mol. The molecular formula is C16H20F3NO2. The molecule has 3 nitrogen and oxygen atoms in total. The van der Waals surface area contributed by atoms with E-state index >= 15 is 0 Å². The SMILES string of the molecule is O=C(Cc1cccc(C(F)(F)F)c1)NCC(O)C1CCCC1. The maximum absolute atomic E-state index is 12.6. The van der Waals surface area contributed by atoms with E-state index in [0.717, 1.165) is 37.8 Å². The second kappa shape index (κ2) is 7.13. The second-order valence-electron chi connectivity index (χ2n) is 5.79. The minimum Gasteiger partial charge on any atom is -0.391 e. The minimum atomic E-state index is -4.41. The van der Waals surface area contributed by atoms with Crippen LogP contribution in [0.1, 0.15) is 36.8 Å². The van der Waals surface area contributed by atoms with Gasteiger partial charge >= 0.3 is 6.18 Å². The minimum absolute atomic E-state index is 0.124. The number of carbonyl (C=O) groups is 1. The summed E-state index contributed by atoms with van der Waals surface area (Å²) in [6.07, 6.45) is -0.991. The van der Waals surface area contributed by atoms with Gasteiger partial charge in [-0.15, -0.1) is 0 Å². The maximum atomic E-state index is 12.6. The van der Waals surface area contributed by atoms with Gasteiger partial charge in [-0.05, 0) is 30.4 Å². The van der Waals surface area contributed by atoms with E-state index in [1.807, 2.05) is 0 Å². The van der Waals surface area contributed by atoms with Crippen molar-refractivity contribution in [2.75, 3.05) is 6.54 Å². The predicted octanol–water partition coefficient (Wildman–Crippen LogP) is 2.92. The fourth-order valence-corrected chi connectivity index (χ4v) is 2.83. The highest BCUT2D eigenvalue weighted by atomic mass is 19.4. The molecule has 1 fully saturated rings.